The minimum atomic E-state index is -1.05. The van der Waals surface area contributed by atoms with Gasteiger partial charge >= 0.3 is 5.97 Å². The molecule has 1 fully saturated rings. The molecule has 5 nitrogen and oxygen atoms in total. The molecule has 1 aliphatic heterocycles. The van der Waals surface area contributed by atoms with Crippen LogP contribution in [-0.4, -0.2) is 34.8 Å². The van der Waals surface area contributed by atoms with E-state index in [4.69, 9.17) is 4.74 Å². The third kappa shape index (κ3) is 4.77. The summed E-state index contributed by atoms with van der Waals surface area (Å²) in [7, 11) is 0. The SMILES string of the molecule is Cc1nc(C)c([C@H](OC(C)(C)C)C(=O)O)c(N2CCC(C)(C)CC2)c1Br. The van der Waals surface area contributed by atoms with Crippen molar-refractivity contribution in [2.75, 3.05) is 18.0 Å². The lowest BCUT2D eigenvalue weighted by Gasteiger charge is -2.40. The highest BCUT2D eigenvalue weighted by atomic mass is 79.9. The van der Waals surface area contributed by atoms with E-state index in [0.29, 0.717) is 16.7 Å². The first-order valence-corrected chi connectivity index (χ1v) is 9.94. The predicted molar refractivity (Wildman–Crippen MR) is 108 cm³/mol. The summed E-state index contributed by atoms with van der Waals surface area (Å²) in [6.45, 7) is 15.8. The number of anilines is 1. The number of nitrogens with zero attached hydrogens (tertiary/aromatic N) is 2. The monoisotopic (exact) mass is 426 g/mol. The molecule has 0 spiro atoms. The molecule has 1 aromatic rings. The first kappa shape index (κ1) is 21.2. The Bertz CT molecular complexity index is 685. The molecule has 1 aliphatic rings. The second kappa shape index (κ2) is 7.47. The van der Waals surface area contributed by atoms with Crippen LogP contribution in [-0.2, 0) is 9.53 Å². The van der Waals surface area contributed by atoms with Crippen molar-refractivity contribution in [3.63, 3.8) is 0 Å². The summed E-state index contributed by atoms with van der Waals surface area (Å²) < 4.78 is 6.81. The Morgan fingerprint density at radius 3 is 2.23 bits per heavy atom. The van der Waals surface area contributed by atoms with Gasteiger partial charge in [-0.2, -0.15) is 0 Å². The van der Waals surface area contributed by atoms with Gasteiger partial charge in [0.05, 0.1) is 21.5 Å². The quantitative estimate of drug-likeness (QED) is 0.731. The molecule has 0 bridgehead atoms. The van der Waals surface area contributed by atoms with E-state index in [-0.39, 0.29) is 0 Å². The Labute approximate surface area is 165 Å². The maximum atomic E-state index is 12.1. The first-order chi connectivity index (χ1) is 11.8. The van der Waals surface area contributed by atoms with E-state index in [2.05, 4.69) is 39.7 Å². The van der Waals surface area contributed by atoms with Crippen molar-refractivity contribution in [3.8, 4) is 0 Å². The minimum absolute atomic E-state index is 0.314. The van der Waals surface area contributed by atoms with Crippen LogP contribution in [0.15, 0.2) is 4.47 Å². The summed E-state index contributed by atoms with van der Waals surface area (Å²) >= 11 is 3.67. The highest BCUT2D eigenvalue weighted by Gasteiger charge is 2.35. The van der Waals surface area contributed by atoms with Crippen LogP contribution >= 0.6 is 15.9 Å². The average Bonchev–Trinajstić information content (AvgIpc) is 2.48. The van der Waals surface area contributed by atoms with Gasteiger partial charge in [0.15, 0.2) is 6.10 Å². The molecule has 1 saturated heterocycles. The fourth-order valence-electron chi connectivity index (χ4n) is 3.37. The Morgan fingerprint density at radius 1 is 1.23 bits per heavy atom. The molecule has 0 aromatic carbocycles. The van der Waals surface area contributed by atoms with E-state index in [1.54, 1.807) is 0 Å². The number of aryl methyl sites for hydroxylation is 2. The highest BCUT2D eigenvalue weighted by Crippen LogP contribution is 2.42. The Hall–Kier alpha value is -1.14. The molecule has 146 valence electrons. The van der Waals surface area contributed by atoms with Gasteiger partial charge in [0.2, 0.25) is 0 Å². The summed E-state index contributed by atoms with van der Waals surface area (Å²) in [5.41, 5.74) is 2.89. The lowest BCUT2D eigenvalue weighted by Crippen LogP contribution is -2.39. The number of carboxylic acid groups (broad SMARTS) is 1. The molecule has 1 N–H and O–H groups in total. The fraction of sp³-hybridized carbons (Fsp3) is 0.700. The molecule has 2 heterocycles. The maximum absolute atomic E-state index is 12.1. The van der Waals surface area contributed by atoms with Crippen molar-refractivity contribution < 1.29 is 14.6 Å². The number of hydrogen-bond donors (Lipinski definition) is 1. The molecule has 26 heavy (non-hydrogen) atoms. The smallest absolute Gasteiger partial charge is 0.337 e. The summed E-state index contributed by atoms with van der Waals surface area (Å²) in [5, 5.41) is 9.89. The number of carboxylic acids is 1. The number of pyridine rings is 1. The van der Waals surface area contributed by atoms with Crippen LogP contribution in [0.4, 0.5) is 5.69 Å². The molecule has 6 heteroatoms. The number of rotatable bonds is 4. The second-order valence-corrected chi connectivity index (χ2v) is 9.75. The van der Waals surface area contributed by atoms with Gasteiger partial charge < -0.3 is 14.7 Å². The van der Waals surface area contributed by atoms with Gasteiger partial charge in [-0.15, -0.1) is 0 Å². The zero-order chi connectivity index (χ0) is 19.9. The maximum Gasteiger partial charge on any atom is 0.337 e. The molecule has 0 amide bonds. The van der Waals surface area contributed by atoms with Crippen LogP contribution in [0, 0.1) is 19.3 Å². The van der Waals surface area contributed by atoms with Crippen LogP contribution < -0.4 is 4.90 Å². The molecule has 0 aliphatic carbocycles. The van der Waals surface area contributed by atoms with Crippen LogP contribution in [0.2, 0.25) is 0 Å². The average molecular weight is 427 g/mol. The van der Waals surface area contributed by atoms with Gasteiger partial charge in [-0.25, -0.2) is 4.79 Å². The van der Waals surface area contributed by atoms with Gasteiger partial charge in [0.25, 0.3) is 0 Å². The topological polar surface area (TPSA) is 62.7 Å². The lowest BCUT2D eigenvalue weighted by atomic mass is 9.82. The van der Waals surface area contributed by atoms with Crippen LogP contribution in [0.3, 0.4) is 0 Å². The van der Waals surface area contributed by atoms with Crippen molar-refractivity contribution >= 4 is 27.6 Å². The summed E-state index contributed by atoms with van der Waals surface area (Å²) in [4.78, 5) is 18.9. The third-order valence-corrected chi connectivity index (χ3v) is 5.85. The molecule has 0 unspecified atom stereocenters. The van der Waals surface area contributed by atoms with Crippen molar-refractivity contribution in [1.82, 2.24) is 4.98 Å². The Morgan fingerprint density at radius 2 is 1.77 bits per heavy atom. The van der Waals surface area contributed by atoms with E-state index in [0.717, 1.165) is 41.8 Å². The van der Waals surface area contributed by atoms with Gasteiger partial charge in [-0.3, -0.25) is 4.98 Å². The molecule has 1 atom stereocenters. The summed E-state index contributed by atoms with van der Waals surface area (Å²) in [6, 6.07) is 0. The van der Waals surface area contributed by atoms with Crippen LogP contribution in [0.5, 0.6) is 0 Å². The van der Waals surface area contributed by atoms with Crippen molar-refractivity contribution in [3.05, 3.63) is 21.4 Å². The lowest BCUT2D eigenvalue weighted by molar-refractivity contribution is -0.160. The standard InChI is InChI=1S/C20H31BrN2O3/c1-12-14(17(18(24)25)26-19(3,4)5)16(15(21)13(2)22-12)23-10-8-20(6,7)9-11-23/h17H,8-11H2,1-7H3,(H,24,25)/t17-/m0/s1. The Balaban J connectivity index is 2.58. The number of carbonyl (C=O) groups is 1. The largest absolute Gasteiger partial charge is 0.479 e. The molecule has 2 rings (SSSR count). The molecular weight excluding hydrogens is 396 g/mol. The minimum Gasteiger partial charge on any atom is -0.479 e. The van der Waals surface area contributed by atoms with Crippen LogP contribution in [0.25, 0.3) is 0 Å². The van der Waals surface area contributed by atoms with E-state index < -0.39 is 17.7 Å². The van der Waals surface area contributed by atoms with Gasteiger partial charge in [-0.05, 0) is 68.8 Å². The number of hydrogen-bond acceptors (Lipinski definition) is 4. The predicted octanol–water partition coefficient (Wildman–Crippen LogP) is 5.03. The first-order valence-electron chi connectivity index (χ1n) is 9.14. The normalized spacial score (nSPS) is 18.7. The second-order valence-electron chi connectivity index (χ2n) is 8.96. The van der Waals surface area contributed by atoms with E-state index >= 15 is 0 Å². The van der Waals surface area contributed by atoms with E-state index in [1.807, 2.05) is 34.6 Å². The summed E-state index contributed by atoms with van der Waals surface area (Å²) in [6.07, 6.45) is 1.08. The molecular formula is C20H31BrN2O3. The van der Waals surface area contributed by atoms with Crippen LogP contribution in [0.1, 0.15) is 70.5 Å². The van der Waals surface area contributed by atoms with Crippen molar-refractivity contribution in [2.24, 2.45) is 5.41 Å². The van der Waals surface area contributed by atoms with E-state index in [9.17, 15) is 9.90 Å². The molecule has 1 aromatic heterocycles. The Kier molecular flexibility index (Phi) is 6.08. The van der Waals surface area contributed by atoms with Gasteiger partial charge in [0.1, 0.15) is 0 Å². The third-order valence-electron chi connectivity index (χ3n) is 4.90. The zero-order valence-corrected chi connectivity index (χ0v) is 18.5. The van der Waals surface area contributed by atoms with Crippen molar-refractivity contribution in [1.29, 1.82) is 0 Å². The molecule has 0 radical (unpaired) electrons. The zero-order valence-electron chi connectivity index (χ0n) is 16.9. The van der Waals surface area contributed by atoms with E-state index in [1.165, 1.54) is 0 Å². The number of aromatic nitrogens is 1. The highest BCUT2D eigenvalue weighted by molar-refractivity contribution is 9.10. The summed E-state index contributed by atoms with van der Waals surface area (Å²) in [5.74, 6) is -0.987. The molecule has 0 saturated carbocycles. The van der Waals surface area contributed by atoms with Gasteiger partial charge in [-0.1, -0.05) is 13.8 Å². The van der Waals surface area contributed by atoms with Crippen molar-refractivity contribution in [2.45, 2.75) is 73.0 Å². The van der Waals surface area contributed by atoms with Gasteiger partial charge in [0, 0.05) is 24.3 Å². The fourth-order valence-corrected chi connectivity index (χ4v) is 3.92. The number of ether oxygens (including phenoxy) is 1. The number of piperidine rings is 1. The number of aliphatic carboxylic acids is 1. The number of halogens is 1.